The van der Waals surface area contributed by atoms with Crippen LogP contribution < -0.4 is 10.5 Å². The fraction of sp³-hybridized carbons (Fsp3) is 0.529. The maximum Gasteiger partial charge on any atom is 0.119 e. The topological polar surface area (TPSA) is 35.2 Å². The minimum atomic E-state index is 0.399. The number of benzene rings is 1. The molecule has 0 aromatic heterocycles. The van der Waals surface area contributed by atoms with Gasteiger partial charge in [-0.3, -0.25) is 0 Å². The van der Waals surface area contributed by atoms with E-state index in [1.807, 2.05) is 24.3 Å². The Balaban J connectivity index is 2.16. The van der Waals surface area contributed by atoms with Crippen LogP contribution in [-0.2, 0) is 0 Å². The molecule has 2 N–H and O–H groups in total. The molecule has 19 heavy (non-hydrogen) atoms. The Kier molecular flexibility index (Phi) is 8.59. The van der Waals surface area contributed by atoms with Crippen molar-refractivity contribution in [1.29, 1.82) is 0 Å². The lowest BCUT2D eigenvalue weighted by atomic mass is 10.1. The average molecular weight is 259 g/mol. The lowest BCUT2D eigenvalue weighted by Gasteiger charge is -2.06. The van der Waals surface area contributed by atoms with Crippen LogP contribution in [0.1, 0.15) is 51.0 Å². The van der Waals surface area contributed by atoms with E-state index in [0.717, 1.165) is 24.3 Å². The van der Waals surface area contributed by atoms with Crippen LogP contribution in [0, 0.1) is 11.8 Å². The van der Waals surface area contributed by atoms with Gasteiger partial charge in [0.05, 0.1) is 13.2 Å². The molecule has 2 nitrogen and oxygen atoms in total. The second kappa shape index (κ2) is 10.5. The van der Waals surface area contributed by atoms with E-state index in [4.69, 9.17) is 10.5 Å². The molecule has 1 aromatic rings. The van der Waals surface area contributed by atoms with Gasteiger partial charge in [-0.15, -0.1) is 0 Å². The maximum atomic E-state index is 5.70. The highest BCUT2D eigenvalue weighted by Gasteiger charge is 1.94. The molecule has 0 bridgehead atoms. The van der Waals surface area contributed by atoms with Gasteiger partial charge >= 0.3 is 0 Å². The summed E-state index contributed by atoms with van der Waals surface area (Å²) < 4.78 is 5.70. The van der Waals surface area contributed by atoms with Gasteiger partial charge in [0.15, 0.2) is 0 Å². The number of hydrogen-bond acceptors (Lipinski definition) is 2. The molecule has 0 aliphatic rings. The Morgan fingerprint density at radius 1 is 1.00 bits per heavy atom. The quantitative estimate of drug-likeness (QED) is 0.570. The van der Waals surface area contributed by atoms with Crippen molar-refractivity contribution in [3.63, 3.8) is 0 Å². The molecule has 0 saturated carbocycles. The first-order valence-electron chi connectivity index (χ1n) is 7.28. The highest BCUT2D eigenvalue weighted by atomic mass is 16.5. The Morgan fingerprint density at radius 2 is 1.68 bits per heavy atom. The second-order valence-corrected chi connectivity index (χ2v) is 4.65. The molecule has 0 heterocycles. The van der Waals surface area contributed by atoms with Crippen LogP contribution in [0.15, 0.2) is 24.3 Å². The van der Waals surface area contributed by atoms with Crippen LogP contribution in [0.2, 0.25) is 0 Å². The van der Waals surface area contributed by atoms with Crippen molar-refractivity contribution in [1.82, 2.24) is 0 Å². The molecule has 0 unspecified atom stereocenters. The predicted octanol–water partition coefficient (Wildman–Crippen LogP) is 3.74. The van der Waals surface area contributed by atoms with E-state index >= 15 is 0 Å². The van der Waals surface area contributed by atoms with Crippen LogP contribution in [0.3, 0.4) is 0 Å². The first kappa shape index (κ1) is 15.6. The molecule has 0 spiro atoms. The normalized spacial score (nSPS) is 9.79. The van der Waals surface area contributed by atoms with E-state index in [1.54, 1.807) is 0 Å². The fourth-order valence-electron chi connectivity index (χ4n) is 1.86. The van der Waals surface area contributed by atoms with E-state index < -0.39 is 0 Å². The smallest absolute Gasteiger partial charge is 0.119 e. The molecule has 0 saturated heterocycles. The van der Waals surface area contributed by atoms with E-state index in [2.05, 4.69) is 18.8 Å². The third-order valence-corrected chi connectivity index (χ3v) is 2.96. The van der Waals surface area contributed by atoms with Crippen molar-refractivity contribution in [3.8, 4) is 17.6 Å². The third-order valence-electron chi connectivity index (χ3n) is 2.96. The molecule has 1 rings (SSSR count). The lowest BCUT2D eigenvalue weighted by molar-refractivity contribution is 0.304. The van der Waals surface area contributed by atoms with Gasteiger partial charge in [0.25, 0.3) is 0 Å². The van der Waals surface area contributed by atoms with Crippen LogP contribution in [0.5, 0.6) is 5.75 Å². The SMILES string of the molecule is CCCCCCCCOc1ccc(C#CCN)cc1. The van der Waals surface area contributed by atoms with Gasteiger partial charge in [0.1, 0.15) is 5.75 Å². The summed E-state index contributed by atoms with van der Waals surface area (Å²) in [5, 5.41) is 0. The number of hydrogen-bond donors (Lipinski definition) is 1. The Morgan fingerprint density at radius 3 is 2.37 bits per heavy atom. The molecule has 2 heteroatoms. The van der Waals surface area contributed by atoms with Crippen molar-refractivity contribution in [2.24, 2.45) is 5.73 Å². The average Bonchev–Trinajstić information content (AvgIpc) is 2.45. The Labute approximate surface area is 117 Å². The first-order chi connectivity index (χ1) is 9.36. The van der Waals surface area contributed by atoms with Gasteiger partial charge in [-0.2, -0.15) is 0 Å². The maximum absolute atomic E-state index is 5.70. The van der Waals surface area contributed by atoms with Crippen LogP contribution in [0.4, 0.5) is 0 Å². The molecule has 0 fully saturated rings. The number of nitrogens with two attached hydrogens (primary N) is 1. The summed E-state index contributed by atoms with van der Waals surface area (Å²) in [5.74, 6) is 6.76. The predicted molar refractivity (Wildman–Crippen MR) is 81.2 cm³/mol. The Hall–Kier alpha value is -1.46. The molecule has 104 valence electrons. The molecular weight excluding hydrogens is 234 g/mol. The summed E-state index contributed by atoms with van der Waals surface area (Å²) in [7, 11) is 0. The summed E-state index contributed by atoms with van der Waals surface area (Å²) in [6.45, 7) is 3.45. The van der Waals surface area contributed by atoms with Crippen LogP contribution in [-0.4, -0.2) is 13.2 Å². The third kappa shape index (κ3) is 7.54. The van der Waals surface area contributed by atoms with Crippen molar-refractivity contribution in [2.45, 2.75) is 45.4 Å². The van der Waals surface area contributed by atoms with Crippen molar-refractivity contribution < 1.29 is 4.74 Å². The zero-order chi connectivity index (χ0) is 13.8. The van der Waals surface area contributed by atoms with Crippen LogP contribution in [0.25, 0.3) is 0 Å². The zero-order valence-electron chi connectivity index (χ0n) is 12.0. The summed E-state index contributed by atoms with van der Waals surface area (Å²) in [4.78, 5) is 0. The molecular formula is C17H25NO. The number of unbranched alkanes of at least 4 members (excludes halogenated alkanes) is 5. The minimum Gasteiger partial charge on any atom is -0.494 e. The highest BCUT2D eigenvalue weighted by molar-refractivity contribution is 5.38. The molecule has 0 aliphatic heterocycles. The summed E-state index contributed by atoms with van der Waals surface area (Å²) in [6, 6.07) is 7.88. The minimum absolute atomic E-state index is 0.399. The standard InChI is InChI=1S/C17H25NO/c1-2-3-4-5-6-7-15-19-17-12-10-16(11-13-17)9-8-14-18/h10-13H,2-7,14-15,18H2,1H3. The molecule has 0 amide bonds. The van der Waals surface area contributed by atoms with Gasteiger partial charge in [-0.05, 0) is 30.7 Å². The van der Waals surface area contributed by atoms with Crippen molar-refractivity contribution in [2.75, 3.05) is 13.2 Å². The van der Waals surface area contributed by atoms with E-state index in [9.17, 15) is 0 Å². The van der Waals surface area contributed by atoms with Crippen LogP contribution >= 0.6 is 0 Å². The molecule has 1 aromatic carbocycles. The number of rotatable bonds is 8. The van der Waals surface area contributed by atoms with Gasteiger partial charge in [-0.1, -0.05) is 50.9 Å². The molecule has 0 radical (unpaired) electrons. The monoisotopic (exact) mass is 259 g/mol. The van der Waals surface area contributed by atoms with Gasteiger partial charge in [0, 0.05) is 5.56 Å². The number of ether oxygens (including phenoxy) is 1. The zero-order valence-corrected chi connectivity index (χ0v) is 12.0. The van der Waals surface area contributed by atoms with E-state index in [1.165, 1.54) is 32.1 Å². The van der Waals surface area contributed by atoms with Crippen molar-refractivity contribution in [3.05, 3.63) is 29.8 Å². The fourth-order valence-corrected chi connectivity index (χ4v) is 1.86. The summed E-state index contributed by atoms with van der Waals surface area (Å²) in [5.41, 5.74) is 6.32. The first-order valence-corrected chi connectivity index (χ1v) is 7.28. The van der Waals surface area contributed by atoms with Gasteiger partial charge < -0.3 is 10.5 Å². The summed E-state index contributed by atoms with van der Waals surface area (Å²) in [6.07, 6.45) is 7.73. The van der Waals surface area contributed by atoms with E-state index in [-0.39, 0.29) is 0 Å². The Bertz CT molecular complexity index is 386. The second-order valence-electron chi connectivity index (χ2n) is 4.65. The lowest BCUT2D eigenvalue weighted by Crippen LogP contribution is -1.97. The van der Waals surface area contributed by atoms with Crippen molar-refractivity contribution >= 4 is 0 Å². The van der Waals surface area contributed by atoms with E-state index in [0.29, 0.717) is 6.54 Å². The highest BCUT2D eigenvalue weighted by Crippen LogP contribution is 2.12. The largest absolute Gasteiger partial charge is 0.494 e. The van der Waals surface area contributed by atoms with Gasteiger partial charge in [-0.25, -0.2) is 0 Å². The molecule has 0 atom stereocenters. The van der Waals surface area contributed by atoms with Gasteiger partial charge in [0.2, 0.25) is 0 Å². The molecule has 0 aliphatic carbocycles. The summed E-state index contributed by atoms with van der Waals surface area (Å²) >= 11 is 0.